The molecule has 4 nitrogen and oxygen atoms in total. The molecule has 0 aliphatic rings. The first-order chi connectivity index (χ1) is 7.65. The molecule has 0 radical (unpaired) electrons. The molecule has 0 aliphatic heterocycles. The lowest BCUT2D eigenvalue weighted by atomic mass is 10.2. The normalized spacial score (nSPS) is 11.3. The Hall–Kier alpha value is -1.29. The van der Waals surface area contributed by atoms with Crippen molar-refractivity contribution in [3.63, 3.8) is 0 Å². The minimum Gasteiger partial charge on any atom is -0.336 e. The van der Waals surface area contributed by atoms with Crippen LogP contribution in [0.1, 0.15) is 25.6 Å². The van der Waals surface area contributed by atoms with Crippen molar-refractivity contribution >= 4 is 11.6 Å². The Morgan fingerprint density at radius 1 is 1.44 bits per heavy atom. The van der Waals surface area contributed by atoms with E-state index in [-0.39, 0.29) is 0 Å². The van der Waals surface area contributed by atoms with Crippen LogP contribution in [0.5, 0.6) is 0 Å². The number of hydrogen-bond donors (Lipinski definition) is 0. The van der Waals surface area contributed by atoms with Crippen molar-refractivity contribution in [3.8, 4) is 11.4 Å². The maximum Gasteiger partial charge on any atom is 0.111 e. The van der Waals surface area contributed by atoms with Crippen molar-refractivity contribution in [3.05, 3.63) is 24.3 Å². The molecule has 0 atom stereocenters. The molecule has 2 rings (SSSR count). The average Bonchev–Trinajstić information content (AvgIpc) is 2.82. The summed E-state index contributed by atoms with van der Waals surface area (Å²) in [6.07, 6.45) is 3.58. The van der Waals surface area contributed by atoms with Crippen molar-refractivity contribution in [1.29, 1.82) is 0 Å². The Kier molecular flexibility index (Phi) is 3.01. The van der Waals surface area contributed by atoms with Crippen molar-refractivity contribution in [2.24, 2.45) is 7.05 Å². The maximum absolute atomic E-state index is 5.94. The smallest absolute Gasteiger partial charge is 0.111 e. The molecule has 0 saturated carbocycles. The molecule has 2 aromatic rings. The molecule has 5 heteroatoms. The van der Waals surface area contributed by atoms with Crippen LogP contribution in [0.4, 0.5) is 0 Å². The highest BCUT2D eigenvalue weighted by Gasteiger charge is 2.15. The Morgan fingerprint density at radius 2 is 2.19 bits per heavy atom. The van der Waals surface area contributed by atoms with Gasteiger partial charge in [-0.2, -0.15) is 5.10 Å². The van der Waals surface area contributed by atoms with E-state index in [1.54, 1.807) is 12.5 Å². The molecule has 0 N–H and O–H groups in total. The molecule has 0 saturated heterocycles. The summed E-state index contributed by atoms with van der Waals surface area (Å²) in [5, 5.41) is 4.30. The van der Waals surface area contributed by atoms with Crippen LogP contribution in [0.25, 0.3) is 11.4 Å². The fourth-order valence-corrected chi connectivity index (χ4v) is 2.06. The van der Waals surface area contributed by atoms with Crippen LogP contribution in [-0.2, 0) is 12.9 Å². The molecular weight excluding hydrogens is 224 g/mol. The Balaban J connectivity index is 2.54. The standard InChI is InChI=1S/C11H15ClN4/c1-8(2)16-9(4-5-14-16)11-10(6-12)15(3)7-13-11/h4-5,7-8H,6H2,1-3H3. The molecule has 0 amide bonds. The predicted octanol–water partition coefficient (Wildman–Crippen LogP) is 2.60. The zero-order chi connectivity index (χ0) is 11.7. The molecule has 0 bridgehead atoms. The topological polar surface area (TPSA) is 35.6 Å². The summed E-state index contributed by atoms with van der Waals surface area (Å²) in [6.45, 7) is 4.19. The molecule has 0 aliphatic carbocycles. The predicted molar refractivity (Wildman–Crippen MR) is 64.4 cm³/mol. The SMILES string of the molecule is CC(C)n1nccc1-c1ncn(C)c1CCl. The highest BCUT2D eigenvalue weighted by molar-refractivity contribution is 6.17. The number of hydrogen-bond acceptors (Lipinski definition) is 2. The summed E-state index contributed by atoms with van der Waals surface area (Å²) >= 11 is 5.94. The minimum absolute atomic E-state index is 0.315. The van der Waals surface area contributed by atoms with Gasteiger partial charge in [-0.05, 0) is 19.9 Å². The van der Waals surface area contributed by atoms with Gasteiger partial charge in [0.05, 0.1) is 23.6 Å². The van der Waals surface area contributed by atoms with E-state index in [0.29, 0.717) is 11.9 Å². The average molecular weight is 239 g/mol. The van der Waals surface area contributed by atoms with Gasteiger partial charge in [0.25, 0.3) is 0 Å². The fraction of sp³-hybridized carbons (Fsp3) is 0.455. The van der Waals surface area contributed by atoms with Gasteiger partial charge >= 0.3 is 0 Å². The second-order valence-electron chi connectivity index (χ2n) is 4.04. The zero-order valence-electron chi connectivity index (χ0n) is 9.68. The van der Waals surface area contributed by atoms with Gasteiger partial charge in [0.1, 0.15) is 5.69 Å². The number of aryl methyl sites for hydroxylation is 1. The number of alkyl halides is 1. The van der Waals surface area contributed by atoms with Crippen LogP contribution in [0.2, 0.25) is 0 Å². The van der Waals surface area contributed by atoms with Gasteiger partial charge in [-0.3, -0.25) is 4.68 Å². The minimum atomic E-state index is 0.315. The molecule has 0 aromatic carbocycles. The number of nitrogens with zero attached hydrogens (tertiary/aromatic N) is 4. The lowest BCUT2D eigenvalue weighted by Crippen LogP contribution is -2.05. The first-order valence-electron chi connectivity index (χ1n) is 5.25. The van der Waals surface area contributed by atoms with E-state index in [0.717, 1.165) is 17.1 Å². The first-order valence-corrected chi connectivity index (χ1v) is 5.78. The highest BCUT2D eigenvalue weighted by Crippen LogP contribution is 2.24. The molecule has 0 fully saturated rings. The van der Waals surface area contributed by atoms with E-state index in [1.807, 2.05) is 22.4 Å². The molecule has 16 heavy (non-hydrogen) atoms. The van der Waals surface area contributed by atoms with Crippen LogP contribution in [0.3, 0.4) is 0 Å². The molecule has 2 heterocycles. The molecule has 86 valence electrons. The highest BCUT2D eigenvalue weighted by atomic mass is 35.5. The number of imidazole rings is 1. The summed E-state index contributed by atoms with van der Waals surface area (Å²) in [7, 11) is 1.95. The van der Waals surface area contributed by atoms with Gasteiger partial charge in [-0.1, -0.05) is 0 Å². The second-order valence-corrected chi connectivity index (χ2v) is 4.31. The van der Waals surface area contributed by atoms with Crippen LogP contribution < -0.4 is 0 Å². The van der Waals surface area contributed by atoms with Crippen molar-refractivity contribution in [2.45, 2.75) is 25.8 Å². The third kappa shape index (κ3) is 1.73. The van der Waals surface area contributed by atoms with Crippen LogP contribution in [0, 0.1) is 0 Å². The third-order valence-electron chi connectivity index (χ3n) is 2.59. The summed E-state index contributed by atoms with van der Waals surface area (Å²) in [6, 6.07) is 2.29. The fourth-order valence-electron chi connectivity index (χ4n) is 1.74. The monoisotopic (exact) mass is 238 g/mol. The van der Waals surface area contributed by atoms with Gasteiger partial charge in [-0.15, -0.1) is 11.6 Å². The second kappa shape index (κ2) is 4.29. The van der Waals surface area contributed by atoms with Crippen LogP contribution in [0.15, 0.2) is 18.6 Å². The first kappa shape index (κ1) is 11.2. The number of rotatable bonds is 3. The Morgan fingerprint density at radius 3 is 2.81 bits per heavy atom. The zero-order valence-corrected chi connectivity index (χ0v) is 10.4. The van der Waals surface area contributed by atoms with Gasteiger partial charge in [0, 0.05) is 19.3 Å². The summed E-state index contributed by atoms with van der Waals surface area (Å²) in [5.41, 5.74) is 2.96. The van der Waals surface area contributed by atoms with Gasteiger partial charge in [0.2, 0.25) is 0 Å². The van der Waals surface area contributed by atoms with Crippen molar-refractivity contribution in [2.75, 3.05) is 0 Å². The van der Waals surface area contributed by atoms with E-state index in [2.05, 4.69) is 23.9 Å². The maximum atomic E-state index is 5.94. The number of halogens is 1. The van der Waals surface area contributed by atoms with E-state index < -0.39 is 0 Å². The van der Waals surface area contributed by atoms with Crippen LogP contribution >= 0.6 is 11.6 Å². The quantitative estimate of drug-likeness (QED) is 0.771. The van der Waals surface area contributed by atoms with Gasteiger partial charge < -0.3 is 4.57 Å². The largest absolute Gasteiger partial charge is 0.336 e. The van der Waals surface area contributed by atoms with E-state index in [9.17, 15) is 0 Å². The van der Waals surface area contributed by atoms with E-state index >= 15 is 0 Å². The van der Waals surface area contributed by atoms with E-state index in [4.69, 9.17) is 11.6 Å². The molecule has 0 spiro atoms. The van der Waals surface area contributed by atoms with Gasteiger partial charge in [0.15, 0.2) is 0 Å². The molecule has 0 unspecified atom stereocenters. The summed E-state index contributed by atoms with van der Waals surface area (Å²) in [4.78, 5) is 4.39. The summed E-state index contributed by atoms with van der Waals surface area (Å²) in [5.74, 6) is 0.453. The molecular formula is C11H15ClN4. The lowest BCUT2D eigenvalue weighted by molar-refractivity contribution is 0.537. The third-order valence-corrected chi connectivity index (χ3v) is 2.84. The van der Waals surface area contributed by atoms with E-state index in [1.165, 1.54) is 0 Å². The van der Waals surface area contributed by atoms with Crippen molar-refractivity contribution in [1.82, 2.24) is 19.3 Å². The van der Waals surface area contributed by atoms with Crippen molar-refractivity contribution < 1.29 is 0 Å². The number of aromatic nitrogens is 4. The summed E-state index contributed by atoms with van der Waals surface area (Å²) < 4.78 is 3.90. The Labute approximate surface area is 99.9 Å². The molecule has 2 aromatic heterocycles. The van der Waals surface area contributed by atoms with Crippen LogP contribution in [-0.4, -0.2) is 19.3 Å². The lowest BCUT2D eigenvalue weighted by Gasteiger charge is -2.10. The Bertz CT molecular complexity index is 484. The van der Waals surface area contributed by atoms with Gasteiger partial charge in [-0.25, -0.2) is 4.98 Å².